The number of carbonyl (C=O) groups excluding carboxylic acids is 1. The normalized spacial score (nSPS) is 14.9. The fraction of sp³-hybridized carbons (Fsp3) is 0.103. The second-order valence-electron chi connectivity index (χ2n) is 8.39. The Labute approximate surface area is 219 Å². The van der Waals surface area contributed by atoms with E-state index in [1.165, 1.54) is 5.01 Å². The first kappa shape index (κ1) is 23.9. The maximum atomic E-state index is 13.3. The molecule has 1 heterocycles. The Hall–Kier alpha value is -3.80. The maximum absolute atomic E-state index is 13.3. The molecule has 5 nitrogen and oxygen atoms in total. The molecule has 0 saturated carbocycles. The van der Waals surface area contributed by atoms with Gasteiger partial charge in [-0.15, -0.1) is 0 Å². The summed E-state index contributed by atoms with van der Waals surface area (Å²) in [6.07, 6.45) is 0. The van der Waals surface area contributed by atoms with Gasteiger partial charge in [-0.2, -0.15) is 5.10 Å². The number of rotatable bonds is 5. The molecule has 2 amide bonds. The lowest BCUT2D eigenvalue weighted by atomic mass is 9.91. The van der Waals surface area contributed by atoms with Crippen molar-refractivity contribution in [3.63, 3.8) is 0 Å². The van der Waals surface area contributed by atoms with Crippen molar-refractivity contribution in [1.82, 2.24) is 5.01 Å². The van der Waals surface area contributed by atoms with E-state index in [2.05, 4.69) is 5.32 Å². The van der Waals surface area contributed by atoms with E-state index >= 15 is 0 Å². The van der Waals surface area contributed by atoms with Crippen molar-refractivity contribution in [2.75, 3.05) is 19.0 Å². The number of ether oxygens (including phenoxy) is 1. The molecular weight excluding hydrogens is 493 g/mol. The first-order chi connectivity index (χ1) is 17.5. The Morgan fingerprint density at radius 3 is 2.22 bits per heavy atom. The quantitative estimate of drug-likeness (QED) is 0.296. The van der Waals surface area contributed by atoms with Crippen LogP contribution in [-0.2, 0) is 0 Å². The number of hydrogen-bond donors (Lipinski definition) is 1. The third-order valence-electron chi connectivity index (χ3n) is 6.10. The van der Waals surface area contributed by atoms with Gasteiger partial charge in [-0.05, 0) is 53.1 Å². The van der Waals surface area contributed by atoms with Crippen molar-refractivity contribution in [3.8, 4) is 16.9 Å². The van der Waals surface area contributed by atoms with Gasteiger partial charge in [0.25, 0.3) is 0 Å². The molecule has 0 unspecified atom stereocenters. The van der Waals surface area contributed by atoms with Gasteiger partial charge in [0.15, 0.2) is 0 Å². The fourth-order valence-electron chi connectivity index (χ4n) is 4.28. The van der Waals surface area contributed by atoms with E-state index in [4.69, 9.17) is 33.0 Å². The van der Waals surface area contributed by atoms with E-state index in [-0.39, 0.29) is 11.9 Å². The average molecular weight is 516 g/mol. The monoisotopic (exact) mass is 515 g/mol. The van der Waals surface area contributed by atoms with Crippen molar-refractivity contribution in [3.05, 3.63) is 118 Å². The van der Waals surface area contributed by atoms with Crippen LogP contribution in [0.1, 0.15) is 17.0 Å². The van der Waals surface area contributed by atoms with Crippen molar-refractivity contribution in [2.45, 2.75) is 5.92 Å². The molecule has 4 aromatic rings. The summed E-state index contributed by atoms with van der Waals surface area (Å²) >= 11 is 12.2. The second-order valence-corrected chi connectivity index (χ2v) is 9.26. The van der Waals surface area contributed by atoms with Crippen LogP contribution in [0.4, 0.5) is 10.5 Å². The highest BCUT2D eigenvalue weighted by Crippen LogP contribution is 2.34. The van der Waals surface area contributed by atoms with Crippen molar-refractivity contribution >= 4 is 40.6 Å². The molecule has 1 aliphatic rings. The number of urea groups is 1. The van der Waals surface area contributed by atoms with E-state index in [1.807, 2.05) is 97.1 Å². The molecule has 0 bridgehead atoms. The van der Waals surface area contributed by atoms with Crippen LogP contribution in [0.25, 0.3) is 11.1 Å². The number of halogens is 2. The summed E-state index contributed by atoms with van der Waals surface area (Å²) in [6, 6.07) is 30.3. The van der Waals surface area contributed by atoms with Gasteiger partial charge in [0.2, 0.25) is 0 Å². The SMILES string of the molecule is COc1cc(NC(=O)N2C[C@H](c3ccc(Cl)cc3)C(c3ccc(Cl)cc3)=N2)ccc1-c1ccccc1. The van der Waals surface area contributed by atoms with Crippen LogP contribution in [0.15, 0.2) is 102 Å². The lowest BCUT2D eigenvalue weighted by molar-refractivity contribution is 0.218. The summed E-state index contributed by atoms with van der Waals surface area (Å²) in [4.78, 5) is 13.3. The number of anilines is 1. The molecule has 0 spiro atoms. The first-order valence-electron chi connectivity index (χ1n) is 11.4. The van der Waals surface area contributed by atoms with Gasteiger partial charge >= 0.3 is 6.03 Å². The summed E-state index contributed by atoms with van der Waals surface area (Å²) in [5.41, 5.74) is 5.33. The molecule has 180 valence electrons. The van der Waals surface area contributed by atoms with Gasteiger partial charge in [0, 0.05) is 33.3 Å². The largest absolute Gasteiger partial charge is 0.496 e. The minimum absolute atomic E-state index is 0.107. The predicted octanol–water partition coefficient (Wildman–Crippen LogP) is 7.70. The molecule has 0 saturated heterocycles. The van der Waals surface area contributed by atoms with Gasteiger partial charge < -0.3 is 10.1 Å². The Morgan fingerprint density at radius 1 is 0.889 bits per heavy atom. The summed E-state index contributed by atoms with van der Waals surface area (Å²) in [5, 5.41) is 10.4. The smallest absolute Gasteiger partial charge is 0.342 e. The van der Waals surface area contributed by atoms with Crippen LogP contribution in [-0.4, -0.2) is 30.4 Å². The van der Waals surface area contributed by atoms with Crippen molar-refractivity contribution in [2.24, 2.45) is 5.10 Å². The number of nitrogens with zero attached hydrogens (tertiary/aromatic N) is 2. The first-order valence-corrected chi connectivity index (χ1v) is 12.2. The van der Waals surface area contributed by atoms with Crippen LogP contribution in [0.3, 0.4) is 0 Å². The molecule has 0 aromatic heterocycles. The highest BCUT2D eigenvalue weighted by molar-refractivity contribution is 6.31. The average Bonchev–Trinajstić information content (AvgIpc) is 3.36. The molecule has 4 aromatic carbocycles. The number of benzene rings is 4. The zero-order chi connectivity index (χ0) is 25.1. The number of amides is 2. The van der Waals surface area contributed by atoms with Crippen LogP contribution < -0.4 is 10.1 Å². The number of carbonyl (C=O) groups is 1. The van der Waals surface area contributed by atoms with Crippen LogP contribution >= 0.6 is 23.2 Å². The molecule has 7 heteroatoms. The Bertz CT molecular complexity index is 1410. The topological polar surface area (TPSA) is 53.9 Å². The zero-order valence-corrected chi connectivity index (χ0v) is 21.0. The lowest BCUT2D eigenvalue weighted by Crippen LogP contribution is -2.30. The Morgan fingerprint density at radius 2 is 1.56 bits per heavy atom. The second kappa shape index (κ2) is 10.4. The number of hydrogen-bond acceptors (Lipinski definition) is 3. The Kier molecular flexibility index (Phi) is 6.94. The minimum Gasteiger partial charge on any atom is -0.496 e. The summed E-state index contributed by atoms with van der Waals surface area (Å²) < 4.78 is 5.60. The molecule has 0 radical (unpaired) electrons. The minimum atomic E-state index is -0.326. The van der Waals surface area contributed by atoms with E-state index in [9.17, 15) is 4.79 Å². The van der Waals surface area contributed by atoms with Crippen molar-refractivity contribution < 1.29 is 9.53 Å². The summed E-state index contributed by atoms with van der Waals surface area (Å²) in [7, 11) is 1.62. The van der Waals surface area contributed by atoms with E-state index < -0.39 is 0 Å². The molecule has 36 heavy (non-hydrogen) atoms. The molecule has 5 rings (SSSR count). The number of nitrogens with one attached hydrogen (secondary N) is 1. The summed E-state index contributed by atoms with van der Waals surface area (Å²) in [5.74, 6) is 0.564. The van der Waals surface area contributed by atoms with E-state index in [0.29, 0.717) is 28.0 Å². The van der Waals surface area contributed by atoms with Gasteiger partial charge in [-0.25, -0.2) is 9.80 Å². The predicted molar refractivity (Wildman–Crippen MR) is 146 cm³/mol. The standard InChI is InChI=1S/C29H23Cl2N3O2/c1-36-27-17-24(15-16-25(27)19-5-3-2-4-6-19)32-29(35)34-18-26(20-7-11-22(30)12-8-20)28(33-34)21-9-13-23(31)14-10-21/h2-17,26H,18H2,1H3,(H,32,35)/t26-/m1/s1. The third kappa shape index (κ3) is 5.08. The van der Waals surface area contributed by atoms with Gasteiger partial charge in [0.1, 0.15) is 5.75 Å². The van der Waals surface area contributed by atoms with Crippen LogP contribution in [0.5, 0.6) is 5.75 Å². The van der Waals surface area contributed by atoms with E-state index in [0.717, 1.165) is 28.0 Å². The van der Waals surface area contributed by atoms with Crippen LogP contribution in [0.2, 0.25) is 10.0 Å². The summed E-state index contributed by atoms with van der Waals surface area (Å²) in [6.45, 7) is 0.394. The molecule has 1 N–H and O–H groups in total. The van der Waals surface area contributed by atoms with Gasteiger partial charge in [-0.3, -0.25) is 0 Å². The van der Waals surface area contributed by atoms with Gasteiger partial charge in [-0.1, -0.05) is 77.8 Å². The van der Waals surface area contributed by atoms with Crippen molar-refractivity contribution in [1.29, 1.82) is 0 Å². The third-order valence-corrected chi connectivity index (χ3v) is 6.60. The number of methoxy groups -OCH3 is 1. The van der Waals surface area contributed by atoms with E-state index in [1.54, 1.807) is 7.11 Å². The highest BCUT2D eigenvalue weighted by Gasteiger charge is 2.32. The van der Waals surface area contributed by atoms with Gasteiger partial charge in [0.05, 0.1) is 19.4 Å². The maximum Gasteiger partial charge on any atom is 0.342 e. The Balaban J connectivity index is 1.41. The molecule has 0 aliphatic carbocycles. The number of hydrazone groups is 1. The lowest BCUT2D eigenvalue weighted by Gasteiger charge is -2.17. The van der Waals surface area contributed by atoms with Crippen LogP contribution in [0, 0.1) is 0 Å². The molecular formula is C29H23Cl2N3O2. The highest BCUT2D eigenvalue weighted by atomic mass is 35.5. The fourth-order valence-corrected chi connectivity index (χ4v) is 4.53. The molecule has 0 fully saturated rings. The molecule has 1 atom stereocenters. The zero-order valence-electron chi connectivity index (χ0n) is 19.5. The molecule has 1 aliphatic heterocycles.